The minimum atomic E-state index is -0.0415. The number of aliphatic hydroxyl groups is 1. The molecule has 1 aliphatic carbocycles. The summed E-state index contributed by atoms with van der Waals surface area (Å²) < 4.78 is 0. The van der Waals surface area contributed by atoms with E-state index in [-0.39, 0.29) is 48.9 Å². The SMILES string of the molecule is CCC(C)C(=O)/C=C(\O)C(C)CC.Cc1cc[c-]c(-c2cc(-c3ccccc3)c3cc4c(cc3n2)C(C)(C)c2ccccc2-4)c1.[Ir]. The summed E-state index contributed by atoms with van der Waals surface area (Å²) in [6, 6.07) is 36.0. The first-order valence-electron chi connectivity index (χ1n) is 16.1. The Bertz CT molecular complexity index is 1870. The first-order chi connectivity index (χ1) is 21.5. The number of benzene rings is 4. The average molecular weight is 787 g/mol. The maximum atomic E-state index is 11.4. The van der Waals surface area contributed by atoms with E-state index in [1.54, 1.807) is 0 Å². The summed E-state index contributed by atoms with van der Waals surface area (Å²) in [7, 11) is 0. The predicted molar refractivity (Wildman–Crippen MR) is 188 cm³/mol. The minimum absolute atomic E-state index is 0. The molecule has 0 saturated heterocycles. The van der Waals surface area contributed by atoms with Crippen molar-refractivity contribution in [1.82, 2.24) is 4.98 Å². The average Bonchev–Trinajstić information content (AvgIpc) is 3.28. The molecular formula is C42H44IrNO2-. The van der Waals surface area contributed by atoms with Crippen LogP contribution in [-0.4, -0.2) is 15.9 Å². The third-order valence-corrected chi connectivity index (χ3v) is 9.34. The van der Waals surface area contributed by atoms with Crippen LogP contribution in [0.2, 0.25) is 0 Å². The van der Waals surface area contributed by atoms with Crippen LogP contribution in [-0.2, 0) is 30.3 Å². The molecule has 46 heavy (non-hydrogen) atoms. The molecule has 3 nitrogen and oxygen atoms in total. The van der Waals surface area contributed by atoms with Gasteiger partial charge < -0.3 is 5.11 Å². The first kappa shape index (κ1) is 35.0. The maximum Gasteiger partial charge on any atom is 0.161 e. The zero-order valence-corrected chi connectivity index (χ0v) is 30.3. The number of pyridine rings is 1. The molecule has 0 amide bonds. The second-order valence-corrected chi connectivity index (χ2v) is 12.9. The van der Waals surface area contributed by atoms with Crippen LogP contribution in [0.5, 0.6) is 0 Å². The number of carbonyl (C=O) groups is 1. The molecule has 0 aliphatic heterocycles. The van der Waals surface area contributed by atoms with Gasteiger partial charge in [0.2, 0.25) is 0 Å². The Morgan fingerprint density at radius 2 is 1.52 bits per heavy atom. The van der Waals surface area contributed by atoms with Gasteiger partial charge in [0.15, 0.2) is 5.78 Å². The molecule has 4 aromatic carbocycles. The van der Waals surface area contributed by atoms with Gasteiger partial charge in [-0.1, -0.05) is 109 Å². The summed E-state index contributed by atoms with van der Waals surface area (Å²) in [5.74, 6) is 0.354. The number of nitrogens with zero attached hydrogens (tertiary/aromatic N) is 1. The number of hydrogen-bond donors (Lipinski definition) is 1. The third kappa shape index (κ3) is 7.09. The fourth-order valence-corrected chi connectivity index (χ4v) is 5.98. The van der Waals surface area contributed by atoms with Crippen molar-refractivity contribution in [3.05, 3.63) is 126 Å². The van der Waals surface area contributed by atoms with Gasteiger partial charge in [-0.05, 0) is 64.0 Å². The molecule has 1 heterocycles. The summed E-state index contributed by atoms with van der Waals surface area (Å²) in [6.07, 6.45) is 3.06. The van der Waals surface area contributed by atoms with E-state index in [9.17, 15) is 9.90 Å². The molecule has 6 rings (SSSR count). The fourth-order valence-electron chi connectivity index (χ4n) is 5.98. The van der Waals surface area contributed by atoms with Crippen molar-refractivity contribution in [2.24, 2.45) is 11.8 Å². The number of aromatic nitrogens is 1. The van der Waals surface area contributed by atoms with Crippen LogP contribution in [0.1, 0.15) is 71.1 Å². The monoisotopic (exact) mass is 787 g/mol. The molecule has 2 atom stereocenters. The molecule has 2 unspecified atom stereocenters. The van der Waals surface area contributed by atoms with Gasteiger partial charge in [-0.3, -0.25) is 9.78 Å². The second kappa shape index (κ2) is 14.7. The Labute approximate surface area is 288 Å². The van der Waals surface area contributed by atoms with Crippen LogP contribution in [0.4, 0.5) is 0 Å². The van der Waals surface area contributed by atoms with Gasteiger partial charge in [-0.25, -0.2) is 0 Å². The normalized spacial score (nSPS) is 14.3. The number of aliphatic hydroxyl groups excluding tert-OH is 1. The van der Waals surface area contributed by atoms with E-state index in [0.29, 0.717) is 0 Å². The number of ketones is 1. The molecule has 0 fully saturated rings. The minimum Gasteiger partial charge on any atom is -0.512 e. The number of allylic oxidation sites excluding steroid dienone is 2. The van der Waals surface area contributed by atoms with E-state index in [0.717, 1.165) is 29.6 Å². The topological polar surface area (TPSA) is 50.2 Å². The molecule has 1 N–H and O–H groups in total. The zero-order valence-electron chi connectivity index (χ0n) is 27.9. The summed E-state index contributed by atoms with van der Waals surface area (Å²) in [4.78, 5) is 16.5. The Kier molecular flexibility index (Phi) is 11.2. The van der Waals surface area contributed by atoms with Gasteiger partial charge in [-0.15, -0.1) is 35.4 Å². The molecule has 0 bridgehead atoms. The quantitative estimate of drug-likeness (QED) is 0.102. The van der Waals surface area contributed by atoms with Crippen molar-refractivity contribution in [2.45, 2.75) is 66.7 Å². The molecule has 5 aromatic rings. The van der Waals surface area contributed by atoms with Gasteiger partial charge in [0.25, 0.3) is 0 Å². The molecular weight excluding hydrogens is 743 g/mol. The van der Waals surface area contributed by atoms with E-state index >= 15 is 0 Å². The molecule has 239 valence electrons. The van der Waals surface area contributed by atoms with Crippen LogP contribution in [0.25, 0.3) is 44.4 Å². The van der Waals surface area contributed by atoms with Crippen molar-refractivity contribution in [3.8, 4) is 33.5 Å². The number of rotatable bonds is 7. The van der Waals surface area contributed by atoms with Crippen molar-refractivity contribution in [1.29, 1.82) is 0 Å². The molecule has 1 radical (unpaired) electrons. The van der Waals surface area contributed by atoms with Crippen LogP contribution in [0.3, 0.4) is 0 Å². The van der Waals surface area contributed by atoms with Crippen molar-refractivity contribution < 1.29 is 30.0 Å². The van der Waals surface area contributed by atoms with E-state index in [1.165, 1.54) is 50.4 Å². The third-order valence-electron chi connectivity index (χ3n) is 9.34. The molecule has 1 aromatic heterocycles. The zero-order chi connectivity index (χ0) is 32.3. The van der Waals surface area contributed by atoms with Crippen LogP contribution < -0.4 is 0 Å². The van der Waals surface area contributed by atoms with Gasteiger partial charge >= 0.3 is 0 Å². The number of fused-ring (bicyclic) bond motifs is 4. The standard InChI is InChI=1S/C31H24N.C11H20O2.Ir/c1-20-10-9-13-22(16-20)29-18-24(21-11-5-4-6-12-21)26-17-25-23-14-7-8-15-27(23)31(2,3)28(25)19-30(26)32-29;1-5-8(3)10(12)7-11(13)9(4)6-2;/h4-12,14-19H,1-3H3;7-9,12H,5-6H2,1-4H3;/q-1;;/b;10-7-;. The molecule has 1 aliphatic rings. The summed E-state index contributed by atoms with van der Waals surface area (Å²) in [5.41, 5.74) is 12.0. The van der Waals surface area contributed by atoms with Crippen molar-refractivity contribution >= 4 is 16.7 Å². The van der Waals surface area contributed by atoms with Crippen molar-refractivity contribution in [2.75, 3.05) is 0 Å². The van der Waals surface area contributed by atoms with Gasteiger partial charge in [-0.2, -0.15) is 0 Å². The fraction of sp³-hybridized carbons (Fsp3) is 0.286. The molecule has 4 heteroatoms. The Balaban J connectivity index is 0.000000295. The van der Waals surface area contributed by atoms with Crippen molar-refractivity contribution in [3.63, 3.8) is 0 Å². The van der Waals surface area contributed by atoms with Crippen LogP contribution >= 0.6 is 0 Å². The number of aryl methyl sites for hydroxylation is 1. The smallest absolute Gasteiger partial charge is 0.161 e. The molecule has 0 spiro atoms. The van der Waals surface area contributed by atoms with E-state index < -0.39 is 0 Å². The number of hydrogen-bond acceptors (Lipinski definition) is 3. The Morgan fingerprint density at radius 1 is 0.848 bits per heavy atom. The maximum absolute atomic E-state index is 11.4. The second-order valence-electron chi connectivity index (χ2n) is 12.9. The van der Waals surface area contributed by atoms with Gasteiger partial charge in [0.1, 0.15) is 0 Å². The summed E-state index contributed by atoms with van der Waals surface area (Å²) in [5, 5.41) is 10.7. The molecule has 0 saturated carbocycles. The van der Waals surface area contributed by atoms with E-state index in [4.69, 9.17) is 4.98 Å². The van der Waals surface area contributed by atoms with Crippen LogP contribution in [0.15, 0.2) is 103 Å². The van der Waals surface area contributed by atoms with Gasteiger partial charge in [0, 0.05) is 48.8 Å². The van der Waals surface area contributed by atoms with Gasteiger partial charge in [0.05, 0.1) is 11.3 Å². The van der Waals surface area contributed by atoms with E-state index in [2.05, 4.69) is 112 Å². The predicted octanol–water partition coefficient (Wildman–Crippen LogP) is 11.1. The van der Waals surface area contributed by atoms with E-state index in [1.807, 2.05) is 33.8 Å². The largest absolute Gasteiger partial charge is 0.512 e. The Morgan fingerprint density at radius 3 is 2.20 bits per heavy atom. The summed E-state index contributed by atoms with van der Waals surface area (Å²) >= 11 is 0. The van der Waals surface area contributed by atoms with Crippen LogP contribution in [0, 0.1) is 24.8 Å². The first-order valence-corrected chi connectivity index (χ1v) is 16.1. The summed E-state index contributed by atoms with van der Waals surface area (Å²) in [6.45, 7) is 14.5. The number of carbonyl (C=O) groups excluding carboxylic acids is 1. The Hall–Kier alpha value is -3.85.